The van der Waals surface area contributed by atoms with Gasteiger partial charge in [0.1, 0.15) is 0 Å². The molecule has 0 aliphatic carbocycles. The van der Waals surface area contributed by atoms with Gasteiger partial charge in [-0.15, -0.1) is 0 Å². The normalized spacial score (nSPS) is 14.5. The Labute approximate surface area is 74.2 Å². The van der Waals surface area contributed by atoms with E-state index in [1.54, 1.807) is 0 Å². The van der Waals surface area contributed by atoms with Gasteiger partial charge < -0.3 is 4.55 Å². The molecule has 0 aromatic heterocycles. The van der Waals surface area contributed by atoms with E-state index in [4.69, 9.17) is 9.11 Å². The summed E-state index contributed by atoms with van der Waals surface area (Å²) in [5.41, 5.74) is 0. The second-order valence-corrected chi connectivity index (χ2v) is 5.00. The second-order valence-electron chi connectivity index (χ2n) is 2.37. The van der Waals surface area contributed by atoms with Crippen LogP contribution in [0.1, 0.15) is 19.3 Å². The third-order valence-corrected chi connectivity index (χ3v) is 2.66. The van der Waals surface area contributed by atoms with Crippen molar-refractivity contribution in [3.8, 4) is 0 Å². The van der Waals surface area contributed by atoms with Crippen molar-refractivity contribution in [1.82, 2.24) is 0 Å². The highest BCUT2D eigenvalue weighted by atomic mass is 32.2. The van der Waals surface area contributed by atoms with E-state index in [-0.39, 0.29) is 11.5 Å². The second kappa shape index (κ2) is 5.63. The predicted molar refractivity (Wildman–Crippen MR) is 45.9 cm³/mol. The molecule has 5 nitrogen and oxygen atoms in total. The minimum atomic E-state index is -3.86. The molecule has 7 heteroatoms. The highest BCUT2D eigenvalue weighted by Crippen LogP contribution is 1.98. The van der Waals surface area contributed by atoms with Crippen molar-refractivity contribution >= 4 is 21.2 Å². The third-order valence-electron chi connectivity index (χ3n) is 1.22. The van der Waals surface area contributed by atoms with Gasteiger partial charge in [0.15, 0.2) is 11.1 Å². The summed E-state index contributed by atoms with van der Waals surface area (Å²) < 4.78 is 47.1. The van der Waals surface area contributed by atoms with Crippen molar-refractivity contribution in [2.75, 3.05) is 11.5 Å². The molecule has 0 rings (SSSR count). The minimum Gasteiger partial charge on any atom is -0.306 e. The molecule has 0 aromatic carbocycles. The topological polar surface area (TPSA) is 91.7 Å². The van der Waals surface area contributed by atoms with Gasteiger partial charge in [-0.25, -0.2) is 4.21 Å². The molecular weight excluding hydrogens is 204 g/mol. The van der Waals surface area contributed by atoms with Crippen molar-refractivity contribution in [2.24, 2.45) is 0 Å². The summed E-state index contributed by atoms with van der Waals surface area (Å²) in [4.78, 5) is 0. The summed E-state index contributed by atoms with van der Waals surface area (Å²) in [6.07, 6.45) is 1.36. The van der Waals surface area contributed by atoms with Gasteiger partial charge in [-0.3, -0.25) is 4.55 Å². The van der Waals surface area contributed by atoms with E-state index in [9.17, 15) is 12.6 Å². The first-order valence-electron chi connectivity index (χ1n) is 3.44. The Morgan fingerprint density at radius 1 is 1.17 bits per heavy atom. The van der Waals surface area contributed by atoms with Crippen LogP contribution >= 0.6 is 0 Å². The van der Waals surface area contributed by atoms with E-state index in [0.29, 0.717) is 19.3 Å². The summed E-state index contributed by atoms with van der Waals surface area (Å²) in [6, 6.07) is 0. The zero-order valence-electron chi connectivity index (χ0n) is 6.47. The van der Waals surface area contributed by atoms with Crippen LogP contribution < -0.4 is 0 Å². The first-order valence-corrected chi connectivity index (χ1v) is 6.33. The molecule has 1 atom stereocenters. The maximum absolute atomic E-state index is 10.2. The van der Waals surface area contributed by atoms with Crippen molar-refractivity contribution in [2.45, 2.75) is 19.3 Å². The van der Waals surface area contributed by atoms with Gasteiger partial charge in [0.05, 0.1) is 5.75 Å². The van der Waals surface area contributed by atoms with Gasteiger partial charge in [0.25, 0.3) is 10.1 Å². The molecule has 2 N–H and O–H groups in total. The van der Waals surface area contributed by atoms with Gasteiger partial charge in [0.2, 0.25) is 0 Å². The standard InChI is InChI=1S/C5H12O5S2/c6-11(7)4-2-1-3-5-12(8,9)10/h1-5H2,(H,6,7)(H,8,9,10). The van der Waals surface area contributed by atoms with Gasteiger partial charge in [-0.05, 0) is 12.8 Å². The van der Waals surface area contributed by atoms with Crippen molar-refractivity contribution in [3.05, 3.63) is 0 Å². The van der Waals surface area contributed by atoms with E-state index >= 15 is 0 Å². The number of hydrogen-bond acceptors (Lipinski definition) is 3. The lowest BCUT2D eigenvalue weighted by molar-refractivity contribution is 0.480. The molecule has 0 bridgehead atoms. The molecule has 0 radical (unpaired) electrons. The van der Waals surface area contributed by atoms with E-state index in [0.717, 1.165) is 0 Å². The Kier molecular flexibility index (Phi) is 5.64. The van der Waals surface area contributed by atoms with Crippen molar-refractivity contribution < 1.29 is 21.7 Å². The molecule has 0 saturated carbocycles. The zero-order chi connectivity index (χ0) is 9.61. The Bertz CT molecular complexity index is 232. The van der Waals surface area contributed by atoms with Crippen molar-refractivity contribution in [3.63, 3.8) is 0 Å². The SMILES string of the molecule is O=S(O)CCCCCS(=O)(=O)O. The van der Waals surface area contributed by atoms with Crippen LogP contribution in [-0.2, 0) is 21.2 Å². The Morgan fingerprint density at radius 3 is 2.17 bits per heavy atom. The molecule has 1 unspecified atom stereocenters. The lowest BCUT2D eigenvalue weighted by Gasteiger charge is -1.96. The fourth-order valence-corrected chi connectivity index (χ4v) is 1.71. The highest BCUT2D eigenvalue weighted by Gasteiger charge is 2.03. The first-order chi connectivity index (χ1) is 5.42. The van der Waals surface area contributed by atoms with E-state index in [2.05, 4.69) is 0 Å². The molecule has 0 aromatic rings. The van der Waals surface area contributed by atoms with Crippen LogP contribution in [-0.4, -0.2) is 33.2 Å². The molecule has 0 saturated heterocycles. The average molecular weight is 216 g/mol. The molecule has 0 aliphatic heterocycles. The molecule has 0 spiro atoms. The molecule has 74 valence electrons. The third kappa shape index (κ3) is 10.0. The molecule has 0 heterocycles. The monoisotopic (exact) mass is 216 g/mol. The van der Waals surface area contributed by atoms with E-state index in [1.807, 2.05) is 0 Å². The van der Waals surface area contributed by atoms with Gasteiger partial charge in [-0.1, -0.05) is 6.42 Å². The smallest absolute Gasteiger partial charge is 0.264 e. The zero-order valence-corrected chi connectivity index (χ0v) is 8.10. The summed E-state index contributed by atoms with van der Waals surface area (Å²) in [7, 11) is -3.86. The molecule has 12 heavy (non-hydrogen) atoms. The van der Waals surface area contributed by atoms with Gasteiger partial charge in [-0.2, -0.15) is 8.42 Å². The maximum Gasteiger partial charge on any atom is 0.264 e. The predicted octanol–water partition coefficient (Wildman–Crippen LogP) is 0.266. The van der Waals surface area contributed by atoms with Gasteiger partial charge in [0, 0.05) is 5.75 Å². The van der Waals surface area contributed by atoms with E-state index < -0.39 is 21.2 Å². The van der Waals surface area contributed by atoms with E-state index in [1.165, 1.54) is 0 Å². The fraction of sp³-hybridized carbons (Fsp3) is 1.00. The number of hydrogen-bond donors (Lipinski definition) is 2. The summed E-state index contributed by atoms with van der Waals surface area (Å²) in [5, 5.41) is 0. The highest BCUT2D eigenvalue weighted by molar-refractivity contribution is 7.85. The Morgan fingerprint density at radius 2 is 1.75 bits per heavy atom. The van der Waals surface area contributed by atoms with Crippen LogP contribution in [0.3, 0.4) is 0 Å². The molecule has 0 fully saturated rings. The largest absolute Gasteiger partial charge is 0.306 e. The quantitative estimate of drug-likeness (QED) is 0.377. The van der Waals surface area contributed by atoms with Gasteiger partial charge >= 0.3 is 0 Å². The van der Waals surface area contributed by atoms with Crippen molar-refractivity contribution in [1.29, 1.82) is 0 Å². The summed E-state index contributed by atoms with van der Waals surface area (Å²) in [6.45, 7) is 0. The van der Waals surface area contributed by atoms with Crippen LogP contribution in [0.4, 0.5) is 0 Å². The van der Waals surface area contributed by atoms with Crippen LogP contribution in [0.5, 0.6) is 0 Å². The Hall–Kier alpha value is 0.0200. The summed E-state index contributed by atoms with van der Waals surface area (Å²) >= 11 is -1.80. The maximum atomic E-state index is 10.2. The Balaban J connectivity index is 3.29. The molecule has 0 amide bonds. The van der Waals surface area contributed by atoms with Crippen LogP contribution in [0.2, 0.25) is 0 Å². The molecular formula is C5H12O5S2. The lowest BCUT2D eigenvalue weighted by Crippen LogP contribution is -2.04. The first kappa shape index (κ1) is 12.0. The number of rotatable bonds is 6. The number of unbranched alkanes of at least 4 members (excludes halogenated alkanes) is 2. The lowest BCUT2D eigenvalue weighted by atomic mass is 10.3. The fourth-order valence-electron chi connectivity index (χ4n) is 0.687. The molecule has 0 aliphatic rings. The average Bonchev–Trinajstić information content (AvgIpc) is 1.83. The summed E-state index contributed by atoms with van der Waals surface area (Å²) in [5.74, 6) is -0.115. The van der Waals surface area contributed by atoms with Crippen LogP contribution in [0, 0.1) is 0 Å². The minimum absolute atomic E-state index is 0.158. The van der Waals surface area contributed by atoms with Crippen LogP contribution in [0.25, 0.3) is 0 Å². The van der Waals surface area contributed by atoms with Crippen LogP contribution in [0.15, 0.2) is 0 Å².